The highest BCUT2D eigenvalue weighted by atomic mass is 16.5. The van der Waals surface area contributed by atoms with Crippen LogP contribution in [0.25, 0.3) is 10.9 Å². The van der Waals surface area contributed by atoms with E-state index >= 15 is 0 Å². The van der Waals surface area contributed by atoms with Gasteiger partial charge in [0.25, 0.3) is 5.91 Å². The molecule has 0 saturated carbocycles. The molecule has 150 valence electrons. The van der Waals surface area contributed by atoms with Crippen molar-refractivity contribution in [1.82, 2.24) is 15.2 Å². The topological polar surface area (TPSA) is 89.0 Å². The molecule has 2 aromatic carbocycles. The van der Waals surface area contributed by atoms with Gasteiger partial charge in [-0.3, -0.25) is 9.78 Å². The number of nitrogens with one attached hydrogen (secondary N) is 2. The first-order valence-corrected chi connectivity index (χ1v) is 9.58. The Morgan fingerprint density at radius 2 is 1.80 bits per heavy atom. The molecule has 0 spiro atoms. The molecule has 0 aliphatic carbocycles. The minimum Gasteiger partial charge on any atom is -0.497 e. The number of pyridine rings is 1. The number of benzene rings is 2. The third-order valence-corrected chi connectivity index (χ3v) is 4.66. The van der Waals surface area contributed by atoms with Crippen LogP contribution in [0.5, 0.6) is 5.75 Å². The molecule has 0 aliphatic heterocycles. The van der Waals surface area contributed by atoms with Crippen molar-refractivity contribution >= 4 is 28.3 Å². The van der Waals surface area contributed by atoms with E-state index in [0.29, 0.717) is 18.1 Å². The van der Waals surface area contributed by atoms with E-state index in [0.717, 1.165) is 23.1 Å². The first-order chi connectivity index (χ1) is 14.7. The van der Waals surface area contributed by atoms with Gasteiger partial charge in [0.2, 0.25) is 0 Å². The number of carbonyl (C=O) groups excluding carboxylic acids is 1. The monoisotopic (exact) mass is 399 g/mol. The second kappa shape index (κ2) is 9.00. The average molecular weight is 399 g/mol. The second-order valence-electron chi connectivity index (χ2n) is 6.66. The van der Waals surface area contributed by atoms with Crippen LogP contribution < -0.4 is 15.4 Å². The maximum atomic E-state index is 12.5. The van der Waals surface area contributed by atoms with Crippen LogP contribution in [0.1, 0.15) is 16.1 Å². The molecule has 4 aromatic rings. The standard InChI is InChI=1S/C23H21N5O2/c1-30-18-9-7-16(8-10-18)13-15-24-21-12-11-20(27-28-21)23(29)26-19-6-2-4-17-5-3-14-25-22(17)19/h2-12,14H,13,15H2,1H3,(H,24,28)(H,26,29). The van der Waals surface area contributed by atoms with Gasteiger partial charge < -0.3 is 15.4 Å². The number of nitrogens with zero attached hydrogens (tertiary/aromatic N) is 3. The van der Waals surface area contributed by atoms with Crippen LogP contribution >= 0.6 is 0 Å². The van der Waals surface area contributed by atoms with Crippen molar-refractivity contribution < 1.29 is 9.53 Å². The second-order valence-corrected chi connectivity index (χ2v) is 6.66. The van der Waals surface area contributed by atoms with Crippen LogP contribution in [0.2, 0.25) is 0 Å². The Morgan fingerprint density at radius 3 is 2.57 bits per heavy atom. The molecule has 1 amide bonds. The molecule has 0 fully saturated rings. The van der Waals surface area contributed by atoms with Gasteiger partial charge in [0.05, 0.1) is 18.3 Å². The summed E-state index contributed by atoms with van der Waals surface area (Å²) in [7, 11) is 1.65. The van der Waals surface area contributed by atoms with Crippen LogP contribution in [0.15, 0.2) is 72.9 Å². The lowest BCUT2D eigenvalue weighted by atomic mass is 10.1. The summed E-state index contributed by atoms with van der Waals surface area (Å²) in [5, 5.41) is 15.2. The molecule has 0 bridgehead atoms. The van der Waals surface area contributed by atoms with Crippen molar-refractivity contribution in [2.75, 3.05) is 24.3 Å². The number of para-hydroxylation sites is 1. The van der Waals surface area contributed by atoms with Gasteiger partial charge in [0, 0.05) is 18.1 Å². The molecular weight excluding hydrogens is 378 g/mol. The molecule has 0 radical (unpaired) electrons. The summed E-state index contributed by atoms with van der Waals surface area (Å²) in [6.45, 7) is 0.703. The zero-order valence-corrected chi connectivity index (χ0v) is 16.5. The van der Waals surface area contributed by atoms with E-state index in [-0.39, 0.29) is 11.6 Å². The van der Waals surface area contributed by atoms with Crippen molar-refractivity contribution in [2.45, 2.75) is 6.42 Å². The zero-order valence-electron chi connectivity index (χ0n) is 16.5. The molecule has 0 unspecified atom stereocenters. The third kappa shape index (κ3) is 4.52. The lowest BCUT2D eigenvalue weighted by Crippen LogP contribution is -2.15. The minimum atomic E-state index is -0.328. The summed E-state index contributed by atoms with van der Waals surface area (Å²) in [6.07, 6.45) is 2.53. The van der Waals surface area contributed by atoms with Crippen LogP contribution in [-0.2, 0) is 6.42 Å². The van der Waals surface area contributed by atoms with Crippen LogP contribution in [0.3, 0.4) is 0 Å². The summed E-state index contributed by atoms with van der Waals surface area (Å²) >= 11 is 0. The van der Waals surface area contributed by atoms with Crippen LogP contribution in [0.4, 0.5) is 11.5 Å². The highest BCUT2D eigenvalue weighted by Gasteiger charge is 2.11. The first-order valence-electron chi connectivity index (χ1n) is 9.58. The van der Waals surface area contributed by atoms with Crippen molar-refractivity contribution in [3.8, 4) is 5.75 Å². The number of ether oxygens (including phenoxy) is 1. The van der Waals surface area contributed by atoms with Gasteiger partial charge >= 0.3 is 0 Å². The maximum absolute atomic E-state index is 12.5. The predicted molar refractivity (Wildman–Crippen MR) is 117 cm³/mol. The van der Waals surface area contributed by atoms with Crippen molar-refractivity contribution in [2.24, 2.45) is 0 Å². The summed E-state index contributed by atoms with van der Waals surface area (Å²) in [4.78, 5) is 16.9. The molecule has 2 heterocycles. The molecule has 0 atom stereocenters. The Morgan fingerprint density at radius 1 is 0.967 bits per heavy atom. The summed E-state index contributed by atoms with van der Waals surface area (Å²) in [5.74, 6) is 1.13. The quantitative estimate of drug-likeness (QED) is 0.489. The van der Waals surface area contributed by atoms with Crippen LogP contribution in [0, 0.1) is 0 Å². The van der Waals surface area contributed by atoms with Gasteiger partial charge in [0.1, 0.15) is 11.6 Å². The molecule has 30 heavy (non-hydrogen) atoms. The average Bonchev–Trinajstić information content (AvgIpc) is 2.80. The van der Waals surface area contributed by atoms with E-state index in [2.05, 4.69) is 25.8 Å². The van der Waals surface area contributed by atoms with Gasteiger partial charge in [-0.05, 0) is 48.4 Å². The lowest BCUT2D eigenvalue weighted by molar-refractivity contribution is 0.102. The number of anilines is 2. The number of methoxy groups -OCH3 is 1. The van der Waals surface area contributed by atoms with Gasteiger partial charge in [-0.1, -0.05) is 30.3 Å². The summed E-state index contributed by atoms with van der Waals surface area (Å²) < 4.78 is 5.16. The number of carbonyl (C=O) groups is 1. The minimum absolute atomic E-state index is 0.239. The number of aromatic nitrogens is 3. The van der Waals surface area contributed by atoms with E-state index in [4.69, 9.17) is 4.74 Å². The van der Waals surface area contributed by atoms with E-state index in [1.54, 1.807) is 25.4 Å². The zero-order chi connectivity index (χ0) is 20.8. The smallest absolute Gasteiger partial charge is 0.276 e. The molecule has 0 saturated heterocycles. The Kier molecular flexibility index (Phi) is 5.80. The van der Waals surface area contributed by atoms with E-state index in [1.165, 1.54) is 5.56 Å². The van der Waals surface area contributed by atoms with Crippen LogP contribution in [-0.4, -0.2) is 34.7 Å². The van der Waals surface area contributed by atoms with Gasteiger partial charge in [-0.15, -0.1) is 10.2 Å². The molecule has 2 N–H and O–H groups in total. The van der Waals surface area contributed by atoms with Gasteiger partial charge in [-0.2, -0.15) is 0 Å². The number of amides is 1. The normalized spacial score (nSPS) is 10.6. The van der Waals surface area contributed by atoms with Crippen molar-refractivity contribution in [1.29, 1.82) is 0 Å². The molecular formula is C23H21N5O2. The van der Waals surface area contributed by atoms with Gasteiger partial charge in [0.15, 0.2) is 5.69 Å². The Balaban J connectivity index is 1.35. The fraction of sp³-hybridized carbons (Fsp3) is 0.130. The molecule has 7 heteroatoms. The van der Waals surface area contributed by atoms with Crippen molar-refractivity contribution in [3.63, 3.8) is 0 Å². The molecule has 2 aromatic heterocycles. The highest BCUT2D eigenvalue weighted by Crippen LogP contribution is 2.21. The lowest BCUT2D eigenvalue weighted by Gasteiger charge is -2.08. The summed E-state index contributed by atoms with van der Waals surface area (Å²) in [5.41, 5.74) is 2.80. The summed E-state index contributed by atoms with van der Waals surface area (Å²) in [6, 6.07) is 20.8. The predicted octanol–water partition coefficient (Wildman–Crippen LogP) is 3.94. The molecule has 7 nitrogen and oxygen atoms in total. The van der Waals surface area contributed by atoms with E-state index in [1.807, 2.05) is 54.6 Å². The van der Waals surface area contributed by atoms with Gasteiger partial charge in [-0.25, -0.2) is 0 Å². The Labute approximate surface area is 174 Å². The van der Waals surface area contributed by atoms with Crippen molar-refractivity contribution in [3.05, 3.63) is 84.2 Å². The highest BCUT2D eigenvalue weighted by molar-refractivity contribution is 6.07. The Bertz CT molecular complexity index is 1140. The number of hydrogen-bond donors (Lipinski definition) is 2. The fourth-order valence-corrected chi connectivity index (χ4v) is 3.07. The van der Waals surface area contributed by atoms with E-state index < -0.39 is 0 Å². The molecule has 0 aliphatic rings. The number of fused-ring (bicyclic) bond motifs is 1. The fourth-order valence-electron chi connectivity index (χ4n) is 3.07. The maximum Gasteiger partial charge on any atom is 0.276 e. The number of hydrogen-bond acceptors (Lipinski definition) is 6. The SMILES string of the molecule is COc1ccc(CCNc2ccc(C(=O)Nc3cccc4cccnc34)nn2)cc1. The largest absolute Gasteiger partial charge is 0.497 e. The number of rotatable bonds is 7. The third-order valence-electron chi connectivity index (χ3n) is 4.66. The van der Waals surface area contributed by atoms with E-state index in [9.17, 15) is 4.79 Å². The molecule has 4 rings (SSSR count). The Hall–Kier alpha value is -4.00. The first kappa shape index (κ1) is 19.3.